The lowest BCUT2D eigenvalue weighted by Gasteiger charge is -1.95. The van der Waals surface area contributed by atoms with Gasteiger partial charge in [0.05, 0.1) is 0 Å². The Morgan fingerprint density at radius 3 is 2.93 bits per heavy atom. The largest absolute Gasteiger partial charge is 0.512 e. The third-order valence-corrected chi connectivity index (χ3v) is 2.16. The smallest absolute Gasteiger partial charge is 0.449 e. The van der Waals surface area contributed by atoms with Gasteiger partial charge in [0.25, 0.3) is 0 Å². The fourth-order valence-electron chi connectivity index (χ4n) is 1.46. The first-order valence-corrected chi connectivity index (χ1v) is 4.26. The van der Waals surface area contributed by atoms with Crippen molar-refractivity contribution >= 4 is 17.1 Å². The number of carbonyl (C=O) groups is 1. The van der Waals surface area contributed by atoms with Crippen molar-refractivity contribution in [1.29, 1.82) is 0 Å². The molecule has 0 saturated carbocycles. The molecule has 1 heterocycles. The lowest BCUT2D eigenvalue weighted by molar-refractivity contribution is 0.142. The monoisotopic (exact) mass is 209 g/mol. The summed E-state index contributed by atoms with van der Waals surface area (Å²) in [6.45, 7) is 1.66. The van der Waals surface area contributed by atoms with Gasteiger partial charge in [0.2, 0.25) is 5.88 Å². The van der Waals surface area contributed by atoms with Crippen LogP contribution in [0.4, 0.5) is 9.18 Å². The SMILES string of the molecule is Cc1c(OC(=O)O)[nH]c2ccc(F)cc12. The number of hydrogen-bond acceptors (Lipinski definition) is 2. The highest BCUT2D eigenvalue weighted by atomic mass is 19.1. The Labute approximate surface area is 84.3 Å². The maximum Gasteiger partial charge on any atom is 0.512 e. The minimum Gasteiger partial charge on any atom is -0.449 e. The van der Waals surface area contributed by atoms with Gasteiger partial charge >= 0.3 is 6.16 Å². The molecule has 1 aromatic heterocycles. The number of aromatic nitrogens is 1. The second-order valence-corrected chi connectivity index (χ2v) is 3.14. The Hall–Kier alpha value is -2.04. The number of benzene rings is 1. The van der Waals surface area contributed by atoms with E-state index in [2.05, 4.69) is 9.72 Å². The van der Waals surface area contributed by atoms with Gasteiger partial charge in [-0.2, -0.15) is 0 Å². The summed E-state index contributed by atoms with van der Waals surface area (Å²) in [5, 5.41) is 9.07. The van der Waals surface area contributed by atoms with E-state index >= 15 is 0 Å². The van der Waals surface area contributed by atoms with Crippen LogP contribution in [0.5, 0.6) is 5.88 Å². The van der Waals surface area contributed by atoms with Crippen molar-refractivity contribution in [3.8, 4) is 5.88 Å². The maximum atomic E-state index is 12.9. The van der Waals surface area contributed by atoms with Gasteiger partial charge in [-0.05, 0) is 25.1 Å². The van der Waals surface area contributed by atoms with Crippen molar-refractivity contribution in [2.75, 3.05) is 0 Å². The molecule has 2 rings (SSSR count). The highest BCUT2D eigenvalue weighted by Crippen LogP contribution is 2.27. The normalized spacial score (nSPS) is 10.5. The van der Waals surface area contributed by atoms with E-state index in [0.29, 0.717) is 16.5 Å². The zero-order chi connectivity index (χ0) is 11.0. The summed E-state index contributed by atoms with van der Waals surface area (Å²) in [4.78, 5) is 13.1. The summed E-state index contributed by atoms with van der Waals surface area (Å²) in [6.07, 6.45) is -1.40. The molecular weight excluding hydrogens is 201 g/mol. The second kappa shape index (κ2) is 3.27. The number of aromatic amines is 1. The van der Waals surface area contributed by atoms with E-state index in [9.17, 15) is 9.18 Å². The molecule has 0 fully saturated rings. The molecule has 15 heavy (non-hydrogen) atoms. The van der Waals surface area contributed by atoms with Crippen molar-refractivity contribution in [2.45, 2.75) is 6.92 Å². The lowest BCUT2D eigenvalue weighted by atomic mass is 10.2. The molecule has 5 heteroatoms. The van der Waals surface area contributed by atoms with Crippen LogP contribution >= 0.6 is 0 Å². The Balaban J connectivity index is 2.59. The van der Waals surface area contributed by atoms with Crippen molar-refractivity contribution < 1.29 is 19.0 Å². The molecule has 78 valence electrons. The summed E-state index contributed by atoms with van der Waals surface area (Å²) in [7, 11) is 0. The van der Waals surface area contributed by atoms with Gasteiger partial charge < -0.3 is 14.8 Å². The van der Waals surface area contributed by atoms with Crippen LogP contribution in [0, 0.1) is 12.7 Å². The van der Waals surface area contributed by atoms with E-state index in [1.54, 1.807) is 6.92 Å². The number of aryl methyl sites for hydroxylation is 1. The van der Waals surface area contributed by atoms with Crippen molar-refractivity contribution in [3.63, 3.8) is 0 Å². The van der Waals surface area contributed by atoms with Gasteiger partial charge in [-0.1, -0.05) is 0 Å². The standard InChI is InChI=1S/C10H8FNO3/c1-5-7-4-6(11)2-3-8(7)12-9(5)15-10(13)14/h2-4,12H,1H3,(H,13,14). The molecule has 0 aliphatic heterocycles. The van der Waals surface area contributed by atoms with Crippen LogP contribution in [0.15, 0.2) is 18.2 Å². The summed E-state index contributed by atoms with van der Waals surface area (Å²) < 4.78 is 17.4. The molecule has 0 bridgehead atoms. The first-order chi connectivity index (χ1) is 7.08. The summed E-state index contributed by atoms with van der Waals surface area (Å²) in [5.41, 5.74) is 1.22. The van der Waals surface area contributed by atoms with Gasteiger partial charge in [-0.25, -0.2) is 9.18 Å². The van der Waals surface area contributed by atoms with Crippen molar-refractivity contribution in [1.82, 2.24) is 4.98 Å². The Bertz CT molecular complexity index is 533. The van der Waals surface area contributed by atoms with Crippen LogP contribution in [0.1, 0.15) is 5.56 Å². The summed E-state index contributed by atoms with van der Waals surface area (Å²) in [5.74, 6) is -0.241. The number of rotatable bonds is 1. The Morgan fingerprint density at radius 1 is 1.53 bits per heavy atom. The number of ether oxygens (including phenoxy) is 1. The fraction of sp³-hybridized carbons (Fsp3) is 0.100. The number of halogens is 1. The quantitative estimate of drug-likeness (QED) is 0.709. The highest BCUT2D eigenvalue weighted by Gasteiger charge is 2.11. The fourth-order valence-corrected chi connectivity index (χ4v) is 1.46. The van der Waals surface area contributed by atoms with Gasteiger partial charge in [0, 0.05) is 16.5 Å². The molecule has 0 amide bonds. The average molecular weight is 209 g/mol. The molecule has 0 atom stereocenters. The molecule has 4 nitrogen and oxygen atoms in total. The molecule has 0 spiro atoms. The predicted octanol–water partition coefficient (Wildman–Crippen LogP) is 2.67. The first-order valence-electron chi connectivity index (χ1n) is 4.26. The van der Waals surface area contributed by atoms with E-state index < -0.39 is 6.16 Å². The third-order valence-electron chi connectivity index (χ3n) is 2.16. The highest BCUT2D eigenvalue weighted by molar-refractivity contribution is 5.86. The molecule has 0 saturated heterocycles. The van der Waals surface area contributed by atoms with Gasteiger partial charge in [0.1, 0.15) is 5.82 Å². The molecule has 2 N–H and O–H groups in total. The van der Waals surface area contributed by atoms with Crippen molar-refractivity contribution in [3.05, 3.63) is 29.6 Å². The minimum absolute atomic E-state index is 0.128. The number of carboxylic acid groups (broad SMARTS) is 1. The second-order valence-electron chi connectivity index (χ2n) is 3.14. The van der Waals surface area contributed by atoms with Crippen LogP contribution in [-0.2, 0) is 0 Å². The van der Waals surface area contributed by atoms with Crippen LogP contribution < -0.4 is 4.74 Å². The van der Waals surface area contributed by atoms with E-state index in [1.807, 2.05) is 0 Å². The van der Waals surface area contributed by atoms with Gasteiger partial charge in [-0.15, -0.1) is 0 Å². The number of hydrogen-bond donors (Lipinski definition) is 2. The van der Waals surface area contributed by atoms with E-state index in [0.717, 1.165) is 0 Å². The zero-order valence-corrected chi connectivity index (χ0v) is 7.87. The van der Waals surface area contributed by atoms with Crippen LogP contribution in [-0.4, -0.2) is 16.2 Å². The van der Waals surface area contributed by atoms with Gasteiger partial charge in [-0.3, -0.25) is 0 Å². The van der Waals surface area contributed by atoms with Crippen LogP contribution in [0.3, 0.4) is 0 Å². The minimum atomic E-state index is -1.40. The molecule has 2 aromatic rings. The summed E-state index contributed by atoms with van der Waals surface area (Å²) in [6, 6.07) is 4.16. The van der Waals surface area contributed by atoms with Gasteiger partial charge in [0.15, 0.2) is 0 Å². The van der Waals surface area contributed by atoms with E-state index in [1.165, 1.54) is 18.2 Å². The molecular formula is C10H8FNO3. The molecule has 0 aliphatic carbocycles. The number of H-pyrrole nitrogens is 1. The number of fused-ring (bicyclic) bond motifs is 1. The average Bonchev–Trinajstić information content (AvgIpc) is 2.44. The van der Waals surface area contributed by atoms with E-state index in [4.69, 9.17) is 5.11 Å². The van der Waals surface area contributed by atoms with Crippen molar-refractivity contribution in [2.24, 2.45) is 0 Å². The maximum absolute atomic E-state index is 12.9. The lowest BCUT2D eigenvalue weighted by Crippen LogP contribution is -2.03. The molecule has 1 aromatic carbocycles. The summed E-state index contributed by atoms with van der Waals surface area (Å²) >= 11 is 0. The Morgan fingerprint density at radius 2 is 2.27 bits per heavy atom. The predicted molar refractivity (Wildman–Crippen MR) is 51.6 cm³/mol. The molecule has 0 aliphatic rings. The number of nitrogens with one attached hydrogen (secondary N) is 1. The van der Waals surface area contributed by atoms with Crippen LogP contribution in [0.2, 0.25) is 0 Å². The molecule has 0 radical (unpaired) electrons. The third kappa shape index (κ3) is 1.63. The van der Waals surface area contributed by atoms with E-state index in [-0.39, 0.29) is 11.7 Å². The zero-order valence-electron chi connectivity index (χ0n) is 7.87. The topological polar surface area (TPSA) is 62.3 Å². The molecule has 0 unspecified atom stereocenters. The first kappa shape index (κ1) is 9.51. The van der Waals surface area contributed by atoms with Crippen LogP contribution in [0.25, 0.3) is 10.9 Å². The Kier molecular flexibility index (Phi) is 2.07.